The third-order valence-electron chi connectivity index (χ3n) is 3.03. The Morgan fingerprint density at radius 2 is 1.88 bits per heavy atom. The monoisotopic (exact) mass is 243 g/mol. The van der Waals surface area contributed by atoms with Gasteiger partial charge >= 0.3 is 0 Å². The highest BCUT2D eigenvalue weighted by Crippen LogP contribution is 2.15. The maximum absolute atomic E-state index is 11.9. The minimum atomic E-state index is -0.289. The molecule has 1 unspecified atom stereocenters. The van der Waals surface area contributed by atoms with Crippen molar-refractivity contribution in [1.29, 1.82) is 0 Å². The van der Waals surface area contributed by atoms with Gasteiger partial charge in [0.05, 0.1) is 6.54 Å². The van der Waals surface area contributed by atoms with Crippen molar-refractivity contribution in [3.05, 3.63) is 0 Å². The molecule has 1 amide bonds. The summed E-state index contributed by atoms with van der Waals surface area (Å²) in [5, 5.41) is 3.05. The average Bonchev–Trinajstić information content (AvgIpc) is 2.15. The van der Waals surface area contributed by atoms with Gasteiger partial charge in [0.25, 0.3) is 0 Å². The van der Waals surface area contributed by atoms with Crippen LogP contribution in [0, 0.1) is 5.92 Å². The highest BCUT2D eigenvalue weighted by Gasteiger charge is 2.26. The normalized spacial score (nSPS) is 15.4. The first kappa shape index (κ1) is 16.4. The molecule has 4 nitrogen and oxygen atoms in total. The van der Waals surface area contributed by atoms with E-state index in [9.17, 15) is 4.79 Å². The number of likely N-dealkylation sites (N-methyl/N-ethyl adjacent to an activating group) is 1. The molecule has 0 heterocycles. The average molecular weight is 243 g/mol. The summed E-state index contributed by atoms with van der Waals surface area (Å²) >= 11 is 0. The Bertz CT molecular complexity index is 241. The van der Waals surface area contributed by atoms with Crippen molar-refractivity contribution in [3.63, 3.8) is 0 Å². The van der Waals surface area contributed by atoms with Crippen molar-refractivity contribution in [2.45, 2.75) is 52.6 Å². The summed E-state index contributed by atoms with van der Waals surface area (Å²) in [5.74, 6) is 0.571. The molecule has 0 saturated carbocycles. The predicted octanol–water partition coefficient (Wildman–Crippen LogP) is 1.21. The van der Waals surface area contributed by atoms with E-state index in [1.807, 2.05) is 18.9 Å². The van der Waals surface area contributed by atoms with Crippen molar-refractivity contribution in [3.8, 4) is 0 Å². The second kappa shape index (κ2) is 6.97. The second-order valence-electron chi connectivity index (χ2n) is 5.92. The lowest BCUT2D eigenvalue weighted by atomic mass is 9.90. The largest absolute Gasteiger partial charge is 0.349 e. The van der Waals surface area contributed by atoms with Crippen molar-refractivity contribution >= 4 is 5.91 Å². The summed E-state index contributed by atoms with van der Waals surface area (Å²) in [7, 11) is 1.95. The molecule has 0 aromatic heterocycles. The van der Waals surface area contributed by atoms with E-state index >= 15 is 0 Å². The first-order valence-electron chi connectivity index (χ1n) is 6.41. The van der Waals surface area contributed by atoms with Crippen LogP contribution in [0.4, 0.5) is 0 Å². The molecule has 3 N–H and O–H groups in total. The van der Waals surface area contributed by atoms with Crippen molar-refractivity contribution in [1.82, 2.24) is 10.2 Å². The summed E-state index contributed by atoms with van der Waals surface area (Å²) in [5.41, 5.74) is 5.48. The molecule has 0 aliphatic rings. The Morgan fingerprint density at radius 3 is 2.24 bits per heavy atom. The first-order chi connectivity index (χ1) is 7.70. The summed E-state index contributed by atoms with van der Waals surface area (Å²) in [6.45, 7) is 11.3. The lowest BCUT2D eigenvalue weighted by Crippen LogP contribution is -2.54. The highest BCUT2D eigenvalue weighted by molar-refractivity contribution is 5.78. The number of nitrogens with zero attached hydrogens (tertiary/aromatic N) is 1. The van der Waals surface area contributed by atoms with Gasteiger partial charge in [0.15, 0.2) is 0 Å². The zero-order valence-electron chi connectivity index (χ0n) is 12.2. The molecule has 0 spiro atoms. The number of nitrogens with two attached hydrogens (primary N) is 1. The summed E-state index contributed by atoms with van der Waals surface area (Å²) in [6, 6.07) is 0.370. The van der Waals surface area contributed by atoms with Crippen molar-refractivity contribution in [2.75, 3.05) is 20.1 Å². The Morgan fingerprint density at radius 1 is 1.35 bits per heavy atom. The van der Waals surface area contributed by atoms with Crippen LogP contribution in [0.15, 0.2) is 0 Å². The van der Waals surface area contributed by atoms with Gasteiger partial charge in [-0.1, -0.05) is 13.8 Å². The van der Waals surface area contributed by atoms with Crippen molar-refractivity contribution in [2.24, 2.45) is 11.7 Å². The minimum absolute atomic E-state index is 0.0507. The third kappa shape index (κ3) is 6.64. The molecular weight excluding hydrogens is 214 g/mol. The van der Waals surface area contributed by atoms with Crippen LogP contribution < -0.4 is 11.1 Å². The molecule has 0 aliphatic heterocycles. The zero-order chi connectivity index (χ0) is 13.6. The van der Waals surface area contributed by atoms with Crippen LogP contribution in [0.1, 0.15) is 41.0 Å². The molecule has 0 rings (SSSR count). The Kier molecular flexibility index (Phi) is 6.72. The van der Waals surface area contributed by atoms with Gasteiger partial charge in [-0.25, -0.2) is 0 Å². The van der Waals surface area contributed by atoms with Gasteiger partial charge in [0.2, 0.25) is 5.91 Å². The van der Waals surface area contributed by atoms with E-state index < -0.39 is 0 Å². The summed E-state index contributed by atoms with van der Waals surface area (Å²) < 4.78 is 0. The fraction of sp³-hybridized carbons (Fsp3) is 0.923. The maximum Gasteiger partial charge on any atom is 0.234 e. The maximum atomic E-state index is 11.9. The molecule has 1 atom stereocenters. The Balaban J connectivity index is 4.33. The summed E-state index contributed by atoms with van der Waals surface area (Å²) in [4.78, 5) is 13.9. The van der Waals surface area contributed by atoms with E-state index in [1.165, 1.54) is 0 Å². The predicted molar refractivity (Wildman–Crippen MR) is 72.8 cm³/mol. The van der Waals surface area contributed by atoms with E-state index in [0.29, 0.717) is 25.0 Å². The van der Waals surface area contributed by atoms with E-state index in [4.69, 9.17) is 5.73 Å². The van der Waals surface area contributed by atoms with Gasteiger partial charge < -0.3 is 11.1 Å². The SMILES string of the molecule is CC(C)CC(C)(CN)NC(=O)CN(C)C(C)C. The molecule has 0 fully saturated rings. The first-order valence-corrected chi connectivity index (χ1v) is 6.41. The number of hydrogen-bond acceptors (Lipinski definition) is 3. The van der Waals surface area contributed by atoms with Gasteiger partial charge in [-0.05, 0) is 40.2 Å². The number of rotatable bonds is 7. The molecule has 17 heavy (non-hydrogen) atoms. The zero-order valence-corrected chi connectivity index (χ0v) is 12.2. The van der Waals surface area contributed by atoms with Gasteiger partial charge in [0, 0.05) is 18.1 Å². The quantitative estimate of drug-likeness (QED) is 0.706. The van der Waals surface area contributed by atoms with Crippen LogP contribution in [0.2, 0.25) is 0 Å². The fourth-order valence-electron chi connectivity index (χ4n) is 1.87. The number of amides is 1. The Labute approximate surface area is 106 Å². The highest BCUT2D eigenvalue weighted by atomic mass is 16.2. The second-order valence-corrected chi connectivity index (χ2v) is 5.92. The van der Waals surface area contributed by atoms with Crippen LogP contribution in [-0.4, -0.2) is 42.5 Å². The van der Waals surface area contributed by atoms with Crippen LogP contribution in [-0.2, 0) is 4.79 Å². The molecular formula is C13H29N3O. The third-order valence-corrected chi connectivity index (χ3v) is 3.03. The number of carbonyl (C=O) groups is 1. The van der Waals surface area contributed by atoms with E-state index in [2.05, 4.69) is 33.0 Å². The summed E-state index contributed by atoms with van der Waals surface area (Å²) in [6.07, 6.45) is 0.903. The van der Waals surface area contributed by atoms with Crippen LogP contribution >= 0.6 is 0 Å². The van der Waals surface area contributed by atoms with Crippen LogP contribution in [0.3, 0.4) is 0 Å². The van der Waals surface area contributed by atoms with Crippen LogP contribution in [0.25, 0.3) is 0 Å². The molecule has 0 aromatic rings. The van der Waals surface area contributed by atoms with Gasteiger partial charge in [-0.3, -0.25) is 9.69 Å². The lowest BCUT2D eigenvalue weighted by Gasteiger charge is -2.32. The minimum Gasteiger partial charge on any atom is -0.349 e. The smallest absolute Gasteiger partial charge is 0.234 e. The molecule has 0 aromatic carbocycles. The molecule has 4 heteroatoms. The van der Waals surface area contributed by atoms with E-state index in [-0.39, 0.29) is 11.4 Å². The van der Waals surface area contributed by atoms with E-state index in [1.54, 1.807) is 0 Å². The van der Waals surface area contributed by atoms with Gasteiger partial charge in [-0.15, -0.1) is 0 Å². The van der Waals surface area contributed by atoms with Crippen LogP contribution in [0.5, 0.6) is 0 Å². The molecule has 102 valence electrons. The lowest BCUT2D eigenvalue weighted by molar-refractivity contribution is -0.124. The molecule has 0 aliphatic carbocycles. The number of carbonyl (C=O) groups excluding carboxylic acids is 1. The Hall–Kier alpha value is -0.610. The molecule has 0 bridgehead atoms. The number of hydrogen-bond donors (Lipinski definition) is 2. The van der Waals surface area contributed by atoms with Gasteiger partial charge in [0.1, 0.15) is 0 Å². The molecule has 0 radical (unpaired) electrons. The standard InChI is InChI=1S/C13H29N3O/c1-10(2)7-13(5,9-14)15-12(17)8-16(6)11(3)4/h10-11H,7-9,14H2,1-6H3,(H,15,17). The van der Waals surface area contributed by atoms with Gasteiger partial charge in [-0.2, -0.15) is 0 Å². The van der Waals surface area contributed by atoms with Crippen molar-refractivity contribution < 1.29 is 4.79 Å². The topological polar surface area (TPSA) is 58.4 Å². The number of nitrogens with one attached hydrogen (secondary N) is 1. The van der Waals surface area contributed by atoms with E-state index in [0.717, 1.165) is 6.42 Å². The fourth-order valence-corrected chi connectivity index (χ4v) is 1.87. The molecule has 0 saturated heterocycles.